The van der Waals surface area contributed by atoms with Crippen molar-refractivity contribution in [2.24, 2.45) is 4.99 Å². The number of aryl methyl sites for hydroxylation is 1. The van der Waals surface area contributed by atoms with E-state index in [4.69, 9.17) is 4.74 Å². The largest absolute Gasteiger partial charge is 0.497 e. The summed E-state index contributed by atoms with van der Waals surface area (Å²) in [4.78, 5) is 19.0. The fourth-order valence-corrected chi connectivity index (χ4v) is 2.64. The van der Waals surface area contributed by atoms with Crippen LogP contribution in [0.2, 0.25) is 0 Å². The van der Waals surface area contributed by atoms with Crippen molar-refractivity contribution >= 4 is 23.2 Å². The highest BCUT2D eigenvalue weighted by atomic mass is 16.5. The van der Waals surface area contributed by atoms with E-state index in [9.17, 15) is 4.79 Å². The molecule has 3 rings (SSSR count). The quantitative estimate of drug-likeness (QED) is 0.919. The zero-order valence-electron chi connectivity index (χ0n) is 14.0. The van der Waals surface area contributed by atoms with Crippen molar-refractivity contribution in [3.05, 3.63) is 54.1 Å². The number of nitrogens with one attached hydrogen (secondary N) is 1. The maximum atomic E-state index is 12.8. The first kappa shape index (κ1) is 16.1. The molecule has 0 bridgehead atoms. The van der Waals surface area contributed by atoms with E-state index in [1.807, 2.05) is 55.5 Å². The van der Waals surface area contributed by atoms with Gasteiger partial charge in [-0.3, -0.25) is 9.89 Å². The van der Waals surface area contributed by atoms with E-state index in [1.165, 1.54) is 0 Å². The average Bonchev–Trinajstić information content (AvgIpc) is 3.12. The molecule has 24 heavy (non-hydrogen) atoms. The van der Waals surface area contributed by atoms with Crippen LogP contribution in [0.1, 0.15) is 18.4 Å². The van der Waals surface area contributed by atoms with E-state index in [2.05, 4.69) is 10.3 Å². The van der Waals surface area contributed by atoms with Crippen LogP contribution in [0.4, 0.5) is 16.2 Å². The highest BCUT2D eigenvalue weighted by Crippen LogP contribution is 2.23. The van der Waals surface area contributed by atoms with Gasteiger partial charge in [-0.1, -0.05) is 17.7 Å². The third kappa shape index (κ3) is 3.56. The molecule has 0 fully saturated rings. The number of rotatable bonds is 3. The van der Waals surface area contributed by atoms with Crippen LogP contribution in [0.3, 0.4) is 0 Å². The summed E-state index contributed by atoms with van der Waals surface area (Å²) in [6.45, 7) is 2.78. The Balaban J connectivity index is 1.86. The van der Waals surface area contributed by atoms with Crippen molar-refractivity contribution in [3.8, 4) is 5.75 Å². The minimum Gasteiger partial charge on any atom is -0.497 e. The number of urea groups is 1. The number of anilines is 2. The molecule has 0 saturated carbocycles. The van der Waals surface area contributed by atoms with Gasteiger partial charge in [-0.05, 0) is 49.7 Å². The molecule has 2 amide bonds. The Morgan fingerprint density at radius 1 is 1.12 bits per heavy atom. The number of amides is 2. The molecule has 2 aromatic carbocycles. The van der Waals surface area contributed by atoms with Gasteiger partial charge in [-0.15, -0.1) is 0 Å². The summed E-state index contributed by atoms with van der Waals surface area (Å²) in [5.74, 6) is 1.55. The molecular weight excluding hydrogens is 302 g/mol. The summed E-state index contributed by atoms with van der Waals surface area (Å²) in [5.41, 5.74) is 2.70. The summed E-state index contributed by atoms with van der Waals surface area (Å²) in [6.07, 6.45) is 1.77. The predicted octanol–water partition coefficient (Wildman–Crippen LogP) is 4.23. The van der Waals surface area contributed by atoms with Crippen molar-refractivity contribution in [1.82, 2.24) is 0 Å². The first-order valence-corrected chi connectivity index (χ1v) is 8.02. The van der Waals surface area contributed by atoms with Gasteiger partial charge in [0.2, 0.25) is 0 Å². The smallest absolute Gasteiger partial charge is 0.331 e. The summed E-state index contributed by atoms with van der Waals surface area (Å²) < 4.78 is 5.19. The lowest BCUT2D eigenvalue weighted by Crippen LogP contribution is -2.39. The Kier molecular flexibility index (Phi) is 4.79. The molecule has 1 aliphatic heterocycles. The zero-order chi connectivity index (χ0) is 16.9. The SMILES string of the molecule is COc1ccc(N(C(=O)Nc2ccc(C)cc2)C2=NCCC2)cc1. The van der Waals surface area contributed by atoms with Crippen LogP contribution in [0.15, 0.2) is 53.5 Å². The second-order valence-electron chi connectivity index (χ2n) is 5.73. The van der Waals surface area contributed by atoms with Crippen LogP contribution in [-0.4, -0.2) is 25.5 Å². The van der Waals surface area contributed by atoms with Crippen LogP contribution in [-0.2, 0) is 0 Å². The standard InChI is InChI=1S/C19H21N3O2/c1-14-5-7-15(8-6-14)21-19(23)22(18-4-3-13-20-18)16-9-11-17(24-2)12-10-16/h5-12H,3-4,13H2,1-2H3,(H,21,23). The van der Waals surface area contributed by atoms with E-state index >= 15 is 0 Å². The van der Waals surface area contributed by atoms with Gasteiger partial charge in [0.1, 0.15) is 11.6 Å². The molecule has 0 aliphatic carbocycles. The number of nitrogens with zero attached hydrogens (tertiary/aromatic N) is 2. The molecule has 0 saturated heterocycles. The van der Waals surface area contributed by atoms with Gasteiger partial charge in [0.15, 0.2) is 0 Å². The van der Waals surface area contributed by atoms with Gasteiger partial charge >= 0.3 is 6.03 Å². The molecule has 5 nitrogen and oxygen atoms in total. The Morgan fingerprint density at radius 3 is 2.42 bits per heavy atom. The minimum absolute atomic E-state index is 0.204. The lowest BCUT2D eigenvalue weighted by molar-refractivity contribution is 0.259. The zero-order valence-corrected chi connectivity index (χ0v) is 14.0. The van der Waals surface area contributed by atoms with Crippen molar-refractivity contribution in [1.29, 1.82) is 0 Å². The molecule has 5 heteroatoms. The van der Waals surface area contributed by atoms with E-state index in [1.54, 1.807) is 12.0 Å². The first-order chi connectivity index (χ1) is 11.7. The van der Waals surface area contributed by atoms with E-state index < -0.39 is 0 Å². The van der Waals surface area contributed by atoms with Gasteiger partial charge in [-0.2, -0.15) is 0 Å². The third-order valence-electron chi connectivity index (χ3n) is 3.95. The fourth-order valence-electron chi connectivity index (χ4n) is 2.64. The van der Waals surface area contributed by atoms with Crippen molar-refractivity contribution in [2.45, 2.75) is 19.8 Å². The molecule has 0 unspecified atom stereocenters. The first-order valence-electron chi connectivity index (χ1n) is 8.02. The van der Waals surface area contributed by atoms with Crippen molar-refractivity contribution in [2.75, 3.05) is 23.9 Å². The van der Waals surface area contributed by atoms with Crippen molar-refractivity contribution in [3.63, 3.8) is 0 Å². The lowest BCUT2D eigenvalue weighted by Gasteiger charge is -2.23. The topological polar surface area (TPSA) is 53.9 Å². The van der Waals surface area contributed by atoms with Gasteiger partial charge < -0.3 is 10.1 Å². The molecule has 1 heterocycles. The highest BCUT2D eigenvalue weighted by Gasteiger charge is 2.23. The lowest BCUT2D eigenvalue weighted by atomic mass is 10.2. The number of carbonyl (C=O) groups is 1. The predicted molar refractivity (Wildman–Crippen MR) is 97.2 cm³/mol. The molecule has 1 N–H and O–H groups in total. The monoisotopic (exact) mass is 323 g/mol. The highest BCUT2D eigenvalue weighted by molar-refractivity contribution is 6.20. The molecule has 0 aromatic heterocycles. The number of benzene rings is 2. The Labute approximate surface area is 142 Å². The number of carbonyl (C=O) groups excluding carboxylic acids is 1. The Bertz CT molecular complexity index is 736. The average molecular weight is 323 g/mol. The second kappa shape index (κ2) is 7.17. The Morgan fingerprint density at radius 2 is 1.83 bits per heavy atom. The van der Waals surface area contributed by atoms with Crippen LogP contribution in [0.25, 0.3) is 0 Å². The number of methoxy groups -OCH3 is 1. The normalized spacial score (nSPS) is 13.3. The van der Waals surface area contributed by atoms with Gasteiger partial charge in [0, 0.05) is 18.7 Å². The number of hydrogen-bond donors (Lipinski definition) is 1. The minimum atomic E-state index is -0.204. The van der Waals surface area contributed by atoms with Crippen LogP contribution < -0.4 is 15.0 Å². The number of amidine groups is 1. The van der Waals surface area contributed by atoms with Crippen LogP contribution in [0.5, 0.6) is 5.75 Å². The number of ether oxygens (including phenoxy) is 1. The third-order valence-corrected chi connectivity index (χ3v) is 3.95. The van der Waals surface area contributed by atoms with Crippen LogP contribution >= 0.6 is 0 Å². The van der Waals surface area contributed by atoms with E-state index in [0.29, 0.717) is 0 Å². The maximum Gasteiger partial charge on any atom is 0.331 e. The van der Waals surface area contributed by atoms with Gasteiger partial charge in [0.25, 0.3) is 0 Å². The molecule has 124 valence electrons. The number of hydrogen-bond acceptors (Lipinski definition) is 3. The van der Waals surface area contributed by atoms with Gasteiger partial charge in [-0.25, -0.2) is 4.79 Å². The number of aliphatic imine (C=N–C) groups is 1. The maximum absolute atomic E-state index is 12.8. The second-order valence-corrected chi connectivity index (χ2v) is 5.73. The summed E-state index contributed by atoms with van der Waals surface area (Å²) in [5, 5.41) is 2.95. The summed E-state index contributed by atoms with van der Waals surface area (Å²) in [7, 11) is 1.62. The van der Waals surface area contributed by atoms with Gasteiger partial charge in [0.05, 0.1) is 12.8 Å². The molecule has 1 aliphatic rings. The van der Waals surface area contributed by atoms with Crippen molar-refractivity contribution < 1.29 is 9.53 Å². The molecule has 0 atom stereocenters. The van der Waals surface area contributed by atoms with Crippen LogP contribution in [0, 0.1) is 6.92 Å². The fraction of sp³-hybridized carbons (Fsp3) is 0.263. The van der Waals surface area contributed by atoms with E-state index in [0.717, 1.165) is 47.9 Å². The molecule has 0 spiro atoms. The van der Waals surface area contributed by atoms with E-state index in [-0.39, 0.29) is 6.03 Å². The molecule has 0 radical (unpaired) electrons. The Hall–Kier alpha value is -2.82. The molecular formula is C19H21N3O2. The summed E-state index contributed by atoms with van der Waals surface area (Å²) >= 11 is 0. The molecule has 2 aromatic rings. The summed E-state index contributed by atoms with van der Waals surface area (Å²) in [6, 6.07) is 15.0.